The molecule has 8 N–H and O–H groups in total. The number of H-pyrrole nitrogens is 1. The van der Waals surface area contributed by atoms with Crippen LogP contribution in [0.2, 0.25) is 0 Å². The molecule has 2 aromatic rings. The minimum Gasteiger partial charge on any atom is -0.480 e. The predicted molar refractivity (Wildman–Crippen MR) is 114 cm³/mol. The van der Waals surface area contributed by atoms with Crippen LogP contribution in [0.25, 0.3) is 10.9 Å². The average molecular weight is 436 g/mol. The van der Waals surface area contributed by atoms with Crippen molar-refractivity contribution in [1.82, 2.24) is 15.6 Å². The second-order valence-electron chi connectivity index (χ2n) is 6.82. The van der Waals surface area contributed by atoms with E-state index in [0.29, 0.717) is 0 Å². The number of aliphatic carboxylic acids is 1. The number of fused-ring (bicyclic) bond motifs is 1. The van der Waals surface area contributed by atoms with Gasteiger partial charge < -0.3 is 32.2 Å². The Balaban J connectivity index is 2.07. The monoisotopic (exact) mass is 435 g/mol. The summed E-state index contributed by atoms with van der Waals surface area (Å²) < 4.78 is 0. The first-order chi connectivity index (χ1) is 14.2. The molecule has 0 unspecified atom stereocenters. The third kappa shape index (κ3) is 6.22. The summed E-state index contributed by atoms with van der Waals surface area (Å²) >= 11 is 3.88. The van der Waals surface area contributed by atoms with Crippen LogP contribution < -0.4 is 22.1 Å². The van der Waals surface area contributed by atoms with Crippen LogP contribution in [0, 0.1) is 0 Å². The molecule has 0 spiro atoms. The highest BCUT2D eigenvalue weighted by atomic mass is 32.1. The number of aromatic amines is 1. The summed E-state index contributed by atoms with van der Waals surface area (Å²) in [6.45, 7) is 0. The molecular weight excluding hydrogens is 410 g/mol. The van der Waals surface area contributed by atoms with Crippen LogP contribution in [0.15, 0.2) is 30.5 Å². The molecule has 30 heavy (non-hydrogen) atoms. The SMILES string of the molecule is NC(=O)CC[C@H](NC(=O)[C@@H](N)Cc1c[nH]c2ccccc12)C(=O)N[C@@H](CS)C(=O)O. The second kappa shape index (κ2) is 10.6. The number of hydrogen-bond donors (Lipinski definition) is 7. The van der Waals surface area contributed by atoms with Crippen LogP contribution in [0.1, 0.15) is 18.4 Å². The summed E-state index contributed by atoms with van der Waals surface area (Å²) in [5, 5.41) is 14.8. The molecular formula is C19H25N5O5S. The lowest BCUT2D eigenvalue weighted by Gasteiger charge is -2.22. The number of benzene rings is 1. The van der Waals surface area contributed by atoms with E-state index in [9.17, 15) is 19.2 Å². The van der Waals surface area contributed by atoms with Crippen LogP contribution >= 0.6 is 12.6 Å². The minimum absolute atomic E-state index is 0.0916. The van der Waals surface area contributed by atoms with Crippen molar-refractivity contribution in [1.29, 1.82) is 0 Å². The highest BCUT2D eigenvalue weighted by molar-refractivity contribution is 7.80. The lowest BCUT2D eigenvalue weighted by molar-refractivity contribution is -0.141. The lowest BCUT2D eigenvalue weighted by Crippen LogP contribution is -2.55. The number of carbonyl (C=O) groups excluding carboxylic acids is 3. The number of carboxylic acids is 1. The Morgan fingerprint density at radius 2 is 1.77 bits per heavy atom. The maximum Gasteiger partial charge on any atom is 0.327 e. The quantitative estimate of drug-likeness (QED) is 0.229. The number of primary amides is 1. The van der Waals surface area contributed by atoms with Crippen molar-refractivity contribution < 1.29 is 24.3 Å². The molecule has 0 fully saturated rings. The Hall–Kier alpha value is -3.05. The summed E-state index contributed by atoms with van der Waals surface area (Å²) in [6, 6.07) is 4.18. The van der Waals surface area contributed by atoms with Gasteiger partial charge in [-0.05, 0) is 24.5 Å². The highest BCUT2D eigenvalue weighted by Gasteiger charge is 2.28. The van der Waals surface area contributed by atoms with E-state index in [-0.39, 0.29) is 25.0 Å². The van der Waals surface area contributed by atoms with Gasteiger partial charge in [0.15, 0.2) is 0 Å². The number of carboxylic acid groups (broad SMARTS) is 1. The maximum atomic E-state index is 12.6. The van der Waals surface area contributed by atoms with Gasteiger partial charge in [-0.3, -0.25) is 14.4 Å². The molecule has 0 aliphatic rings. The number of carbonyl (C=O) groups is 4. The van der Waals surface area contributed by atoms with Gasteiger partial charge in [0.2, 0.25) is 17.7 Å². The third-order valence-electron chi connectivity index (χ3n) is 4.56. The second-order valence-corrected chi connectivity index (χ2v) is 7.18. The van der Waals surface area contributed by atoms with Gasteiger partial charge in [-0.1, -0.05) is 18.2 Å². The predicted octanol–water partition coefficient (Wildman–Crippen LogP) is -0.713. The van der Waals surface area contributed by atoms with Gasteiger partial charge in [0.25, 0.3) is 0 Å². The number of nitrogens with one attached hydrogen (secondary N) is 3. The summed E-state index contributed by atoms with van der Waals surface area (Å²) in [7, 11) is 0. The molecule has 1 heterocycles. The zero-order valence-corrected chi connectivity index (χ0v) is 17.0. The standard InChI is InChI=1S/C19H25N5O5S/c20-12(7-10-8-22-13-4-2-1-3-11(10)13)17(26)23-14(5-6-16(21)25)18(27)24-15(9-30)19(28)29/h1-4,8,12,14-15,22,30H,5-7,9,20H2,(H2,21,25)(H,23,26)(H,24,27)(H,28,29)/t12-,14-,15-/m0/s1. The van der Waals surface area contributed by atoms with Gasteiger partial charge in [0, 0.05) is 29.3 Å². The summed E-state index contributed by atoms with van der Waals surface area (Å²) in [5.74, 6) is -3.44. The number of thiol groups is 1. The summed E-state index contributed by atoms with van der Waals surface area (Å²) in [5.41, 5.74) is 12.9. The summed E-state index contributed by atoms with van der Waals surface area (Å²) in [6.07, 6.45) is 1.72. The van der Waals surface area contributed by atoms with E-state index in [1.807, 2.05) is 24.3 Å². The van der Waals surface area contributed by atoms with Crippen molar-refractivity contribution in [3.8, 4) is 0 Å². The van der Waals surface area contributed by atoms with Gasteiger partial charge >= 0.3 is 5.97 Å². The summed E-state index contributed by atoms with van der Waals surface area (Å²) in [4.78, 5) is 50.4. The Kier molecular flexibility index (Phi) is 8.25. The Labute approximate surface area is 178 Å². The molecule has 11 heteroatoms. The third-order valence-corrected chi connectivity index (χ3v) is 4.93. The molecule has 0 radical (unpaired) electrons. The van der Waals surface area contributed by atoms with E-state index in [4.69, 9.17) is 16.6 Å². The van der Waals surface area contributed by atoms with Gasteiger partial charge in [-0.2, -0.15) is 12.6 Å². The van der Waals surface area contributed by atoms with Crippen molar-refractivity contribution >= 4 is 47.2 Å². The number of nitrogens with two attached hydrogens (primary N) is 2. The van der Waals surface area contributed by atoms with Crippen molar-refractivity contribution in [2.75, 3.05) is 5.75 Å². The molecule has 1 aromatic carbocycles. The van der Waals surface area contributed by atoms with Crippen molar-refractivity contribution in [2.45, 2.75) is 37.4 Å². The molecule has 3 amide bonds. The van der Waals surface area contributed by atoms with Crippen LogP contribution in [-0.4, -0.2) is 57.7 Å². The molecule has 10 nitrogen and oxygen atoms in total. The zero-order chi connectivity index (χ0) is 22.3. The van der Waals surface area contributed by atoms with Gasteiger partial charge in [0.05, 0.1) is 6.04 Å². The fourth-order valence-corrected chi connectivity index (χ4v) is 3.17. The van der Waals surface area contributed by atoms with Crippen LogP contribution in [-0.2, 0) is 25.6 Å². The Morgan fingerprint density at radius 3 is 2.40 bits per heavy atom. The van der Waals surface area contributed by atoms with E-state index < -0.39 is 41.8 Å². The number of aromatic nitrogens is 1. The van der Waals surface area contributed by atoms with Crippen LogP contribution in [0.5, 0.6) is 0 Å². The van der Waals surface area contributed by atoms with Gasteiger partial charge in [-0.15, -0.1) is 0 Å². The molecule has 0 bridgehead atoms. The maximum absolute atomic E-state index is 12.6. The molecule has 0 aliphatic carbocycles. The molecule has 0 saturated heterocycles. The first kappa shape index (κ1) is 23.2. The van der Waals surface area contributed by atoms with E-state index >= 15 is 0 Å². The van der Waals surface area contributed by atoms with E-state index in [1.54, 1.807) is 6.20 Å². The largest absolute Gasteiger partial charge is 0.480 e. The first-order valence-electron chi connectivity index (χ1n) is 9.26. The van der Waals surface area contributed by atoms with E-state index in [2.05, 4.69) is 28.2 Å². The molecule has 0 saturated carbocycles. The molecule has 0 aliphatic heterocycles. The fourth-order valence-electron chi connectivity index (χ4n) is 2.92. The topological polar surface area (TPSA) is 180 Å². The van der Waals surface area contributed by atoms with Gasteiger partial charge in [-0.25, -0.2) is 4.79 Å². The van der Waals surface area contributed by atoms with Crippen molar-refractivity contribution in [3.05, 3.63) is 36.0 Å². The van der Waals surface area contributed by atoms with E-state index in [1.165, 1.54) is 0 Å². The number of hydrogen-bond acceptors (Lipinski definition) is 6. The first-order valence-corrected chi connectivity index (χ1v) is 9.89. The Bertz CT molecular complexity index is 931. The number of amides is 3. The lowest BCUT2D eigenvalue weighted by atomic mass is 10.0. The minimum atomic E-state index is -1.27. The molecule has 162 valence electrons. The smallest absolute Gasteiger partial charge is 0.327 e. The normalized spacial score (nSPS) is 13.9. The molecule has 3 atom stereocenters. The Morgan fingerprint density at radius 1 is 1.10 bits per heavy atom. The highest BCUT2D eigenvalue weighted by Crippen LogP contribution is 2.18. The van der Waals surface area contributed by atoms with E-state index in [0.717, 1.165) is 16.5 Å². The van der Waals surface area contributed by atoms with Crippen molar-refractivity contribution in [3.63, 3.8) is 0 Å². The molecule has 2 rings (SSSR count). The van der Waals surface area contributed by atoms with Crippen molar-refractivity contribution in [2.24, 2.45) is 11.5 Å². The van der Waals surface area contributed by atoms with Crippen LogP contribution in [0.4, 0.5) is 0 Å². The number of rotatable bonds is 11. The zero-order valence-electron chi connectivity index (χ0n) is 16.1. The number of para-hydroxylation sites is 1. The van der Waals surface area contributed by atoms with Gasteiger partial charge in [0.1, 0.15) is 12.1 Å². The average Bonchev–Trinajstić information content (AvgIpc) is 3.11. The molecule has 1 aromatic heterocycles. The van der Waals surface area contributed by atoms with Crippen LogP contribution in [0.3, 0.4) is 0 Å². The fraction of sp³-hybridized carbons (Fsp3) is 0.368.